The highest BCUT2D eigenvalue weighted by atomic mass is 35.5. The van der Waals surface area contributed by atoms with Crippen LogP contribution in [0.25, 0.3) is 11.0 Å². The molecular weight excluding hydrogens is 517 g/mol. The molecule has 0 amide bonds. The van der Waals surface area contributed by atoms with E-state index in [1.807, 2.05) is 24.3 Å². The highest BCUT2D eigenvalue weighted by Crippen LogP contribution is 2.36. The van der Waals surface area contributed by atoms with Gasteiger partial charge in [-0.25, -0.2) is 4.99 Å². The number of furan rings is 1. The third-order valence-electron chi connectivity index (χ3n) is 6.06. The molecule has 36 heavy (non-hydrogen) atoms. The maximum Gasteiger partial charge on any atom is 0.189 e. The van der Waals surface area contributed by atoms with Crippen LogP contribution in [-0.4, -0.2) is 13.1 Å². The van der Waals surface area contributed by atoms with Gasteiger partial charge in [0.2, 0.25) is 0 Å². The maximum atomic E-state index is 6.37. The predicted molar refractivity (Wildman–Crippen MR) is 150 cm³/mol. The number of halogens is 3. The van der Waals surface area contributed by atoms with Gasteiger partial charge in [0, 0.05) is 26.0 Å². The molecule has 1 atom stereocenters. The van der Waals surface area contributed by atoms with Crippen molar-refractivity contribution in [1.29, 1.82) is 0 Å². The minimum atomic E-state index is -0.502. The number of rotatable bonds is 7. The highest BCUT2D eigenvalue weighted by molar-refractivity contribution is 6.35. The van der Waals surface area contributed by atoms with Gasteiger partial charge in [0.25, 0.3) is 0 Å². The average Bonchev–Trinajstić information content (AvgIpc) is 3.23. The molecule has 3 aromatic carbocycles. The van der Waals surface area contributed by atoms with Crippen molar-refractivity contribution in [2.45, 2.75) is 39.3 Å². The van der Waals surface area contributed by atoms with E-state index in [1.54, 1.807) is 25.3 Å². The largest absolute Gasteiger partial charge is 0.496 e. The minimum absolute atomic E-state index is 0.215. The molecule has 0 aliphatic carbocycles. The molecule has 0 bridgehead atoms. The van der Waals surface area contributed by atoms with Gasteiger partial charge in [-0.1, -0.05) is 54.7 Å². The van der Waals surface area contributed by atoms with Crippen molar-refractivity contribution < 1.29 is 9.15 Å². The summed E-state index contributed by atoms with van der Waals surface area (Å²) < 4.78 is 12.0. The van der Waals surface area contributed by atoms with Gasteiger partial charge in [-0.3, -0.25) is 0 Å². The number of nitrogens with zero attached hydrogens (tertiary/aromatic N) is 1. The molecule has 8 heteroatoms. The summed E-state index contributed by atoms with van der Waals surface area (Å²) in [6.07, 6.45) is 0. The Balaban J connectivity index is 1.75. The van der Waals surface area contributed by atoms with Crippen molar-refractivity contribution in [3.05, 3.63) is 97.7 Å². The van der Waals surface area contributed by atoms with Crippen LogP contribution in [0.4, 0.5) is 0 Å². The van der Waals surface area contributed by atoms with E-state index in [9.17, 15) is 0 Å². The summed E-state index contributed by atoms with van der Waals surface area (Å²) in [6.45, 7) is 6.74. The lowest BCUT2D eigenvalue weighted by atomic mass is 9.96. The van der Waals surface area contributed by atoms with Crippen LogP contribution < -0.4 is 15.8 Å². The fourth-order valence-electron chi connectivity index (χ4n) is 4.24. The van der Waals surface area contributed by atoms with E-state index < -0.39 is 6.04 Å². The molecule has 0 saturated heterocycles. The van der Waals surface area contributed by atoms with E-state index >= 15 is 0 Å². The number of nitrogens with two attached hydrogens (primary N) is 1. The normalized spacial score (nSPS) is 12.8. The molecule has 0 aliphatic heterocycles. The SMILES string of the molecule is COc1ccc(Cl)cc1C(NC(N)=NCc1ccc(Cl)cc1Cl)c1cc2cc(C(C)C)c(C)cc2o1. The first-order valence-electron chi connectivity index (χ1n) is 11.5. The van der Waals surface area contributed by atoms with Crippen molar-refractivity contribution in [1.82, 2.24) is 5.32 Å². The van der Waals surface area contributed by atoms with Crippen molar-refractivity contribution in [3.63, 3.8) is 0 Å². The molecule has 4 aromatic rings. The molecule has 0 radical (unpaired) electrons. The zero-order valence-corrected chi connectivity index (χ0v) is 22.8. The van der Waals surface area contributed by atoms with Crippen molar-refractivity contribution >= 4 is 51.7 Å². The Morgan fingerprint density at radius 1 is 1.00 bits per heavy atom. The first-order chi connectivity index (χ1) is 17.2. The topological polar surface area (TPSA) is 72.8 Å². The quantitative estimate of drug-likeness (QED) is 0.182. The molecule has 0 spiro atoms. The Morgan fingerprint density at radius 3 is 2.42 bits per heavy atom. The zero-order valence-electron chi connectivity index (χ0n) is 20.5. The fourth-order valence-corrected chi connectivity index (χ4v) is 4.89. The Kier molecular flexibility index (Phi) is 8.04. The second-order valence-corrected chi connectivity index (χ2v) is 10.2. The van der Waals surface area contributed by atoms with Gasteiger partial charge >= 0.3 is 0 Å². The van der Waals surface area contributed by atoms with Gasteiger partial charge in [-0.05, 0) is 78.1 Å². The van der Waals surface area contributed by atoms with Gasteiger partial charge < -0.3 is 20.2 Å². The molecule has 0 fully saturated rings. The average molecular weight is 545 g/mol. The molecule has 1 aromatic heterocycles. The smallest absolute Gasteiger partial charge is 0.189 e. The molecule has 1 heterocycles. The highest BCUT2D eigenvalue weighted by Gasteiger charge is 2.24. The van der Waals surface area contributed by atoms with E-state index in [4.69, 9.17) is 49.7 Å². The molecule has 0 aliphatic rings. The number of hydrogen-bond donors (Lipinski definition) is 2. The maximum absolute atomic E-state index is 6.37. The third-order valence-corrected chi connectivity index (χ3v) is 6.88. The van der Waals surface area contributed by atoms with E-state index in [1.165, 1.54) is 11.1 Å². The number of methoxy groups -OCH3 is 1. The van der Waals surface area contributed by atoms with Crippen molar-refractivity contribution in [3.8, 4) is 5.75 Å². The van der Waals surface area contributed by atoms with Gasteiger partial charge in [0.05, 0.1) is 13.7 Å². The summed E-state index contributed by atoms with van der Waals surface area (Å²) in [6, 6.07) is 16.5. The third kappa shape index (κ3) is 5.75. The van der Waals surface area contributed by atoms with Gasteiger partial charge in [-0.15, -0.1) is 0 Å². The van der Waals surface area contributed by atoms with E-state index in [0.717, 1.165) is 22.1 Å². The molecular formula is C28H28Cl3N3O2. The molecule has 4 rings (SSSR count). The Hall–Kier alpha value is -2.86. The molecule has 5 nitrogen and oxygen atoms in total. The van der Waals surface area contributed by atoms with Crippen LogP contribution in [0.15, 0.2) is 64.0 Å². The lowest BCUT2D eigenvalue weighted by Crippen LogP contribution is -2.35. The summed E-state index contributed by atoms with van der Waals surface area (Å²) in [4.78, 5) is 4.50. The molecule has 188 valence electrons. The molecule has 3 N–H and O–H groups in total. The number of hydrogen-bond acceptors (Lipinski definition) is 3. The number of benzene rings is 3. The fraction of sp³-hybridized carbons (Fsp3) is 0.250. The lowest BCUT2D eigenvalue weighted by molar-refractivity contribution is 0.401. The second-order valence-electron chi connectivity index (χ2n) is 8.95. The summed E-state index contributed by atoms with van der Waals surface area (Å²) in [5, 5.41) is 5.96. The standard InChI is InChI=1S/C28H28Cl3N3O2/c1-15(2)21-10-18-11-26(36-25(18)9-16(21)3)27(22-12-19(29)7-8-24(22)35-4)34-28(32)33-14-17-5-6-20(30)13-23(17)31/h5-13,15,27H,14H2,1-4H3,(H3,32,33,34). The number of fused-ring (bicyclic) bond motifs is 1. The van der Waals surface area contributed by atoms with E-state index in [2.05, 4.69) is 43.2 Å². The van der Waals surface area contributed by atoms with Crippen LogP contribution in [0.3, 0.4) is 0 Å². The zero-order chi connectivity index (χ0) is 26.0. The number of nitrogens with one attached hydrogen (secondary N) is 1. The number of ether oxygens (including phenoxy) is 1. The lowest BCUT2D eigenvalue weighted by Gasteiger charge is -2.20. The Labute approximate surface area is 226 Å². The molecule has 0 saturated carbocycles. The van der Waals surface area contributed by atoms with Gasteiger partial charge in [-0.2, -0.15) is 0 Å². The van der Waals surface area contributed by atoms with Crippen LogP contribution in [0.2, 0.25) is 15.1 Å². The van der Waals surface area contributed by atoms with Crippen LogP contribution in [0, 0.1) is 6.92 Å². The second kappa shape index (κ2) is 11.0. The van der Waals surface area contributed by atoms with Gasteiger partial charge in [0.1, 0.15) is 23.1 Å². The van der Waals surface area contributed by atoms with Crippen LogP contribution in [-0.2, 0) is 6.54 Å². The summed E-state index contributed by atoms with van der Waals surface area (Å²) in [5.41, 5.74) is 11.2. The van der Waals surface area contributed by atoms with Crippen LogP contribution in [0.5, 0.6) is 5.75 Å². The van der Waals surface area contributed by atoms with Crippen LogP contribution >= 0.6 is 34.8 Å². The number of guanidine groups is 1. The van der Waals surface area contributed by atoms with Crippen molar-refractivity contribution in [2.24, 2.45) is 10.7 Å². The monoisotopic (exact) mass is 543 g/mol. The summed E-state index contributed by atoms with van der Waals surface area (Å²) in [5.74, 6) is 1.92. The minimum Gasteiger partial charge on any atom is -0.496 e. The van der Waals surface area contributed by atoms with Gasteiger partial charge in [0.15, 0.2) is 5.96 Å². The number of aryl methyl sites for hydroxylation is 1. The molecule has 1 unspecified atom stereocenters. The van der Waals surface area contributed by atoms with Crippen molar-refractivity contribution in [2.75, 3.05) is 7.11 Å². The predicted octanol–water partition coefficient (Wildman–Crippen LogP) is 8.03. The van der Waals surface area contributed by atoms with E-state index in [0.29, 0.717) is 32.5 Å². The van der Waals surface area contributed by atoms with E-state index in [-0.39, 0.29) is 12.5 Å². The first-order valence-corrected chi connectivity index (χ1v) is 12.7. The van der Waals surface area contributed by atoms with Crippen LogP contribution in [0.1, 0.15) is 53.8 Å². The summed E-state index contributed by atoms with van der Waals surface area (Å²) >= 11 is 18.7. The first kappa shape index (κ1) is 26.2. The Morgan fingerprint density at radius 2 is 1.72 bits per heavy atom. The summed E-state index contributed by atoms with van der Waals surface area (Å²) in [7, 11) is 1.61. The number of aliphatic imine (C=N–C) groups is 1. The Bertz CT molecular complexity index is 1430.